The fourth-order valence-electron chi connectivity index (χ4n) is 0.877. The first kappa shape index (κ1) is 11.9. The zero-order chi connectivity index (χ0) is 11.1. The third kappa shape index (κ3) is 4.75. The minimum absolute atomic E-state index is 0.160. The summed E-state index contributed by atoms with van der Waals surface area (Å²) in [6.45, 7) is 0.548. The van der Waals surface area contributed by atoms with Crippen LogP contribution in [0.2, 0.25) is 0 Å². The van der Waals surface area contributed by atoms with Crippen molar-refractivity contribution in [3.05, 3.63) is 24.1 Å². The van der Waals surface area contributed by atoms with E-state index >= 15 is 0 Å². The number of carbonyl (C=O) groups is 1. The predicted molar refractivity (Wildman–Crippen MR) is 59.2 cm³/mol. The molecule has 0 bridgehead atoms. The smallest absolute Gasteiger partial charge is 0.235 e. The fraction of sp³-hybridized carbons (Fsp3) is 0.333. The molecule has 0 unspecified atom stereocenters. The molecule has 1 aromatic rings. The van der Waals surface area contributed by atoms with Crippen molar-refractivity contribution in [3.63, 3.8) is 0 Å². The molecule has 3 N–H and O–H groups in total. The van der Waals surface area contributed by atoms with Crippen molar-refractivity contribution >= 4 is 23.5 Å². The molecule has 0 atom stereocenters. The van der Waals surface area contributed by atoms with Gasteiger partial charge < -0.3 is 11.1 Å². The number of nitrogens with zero attached hydrogens (tertiary/aromatic N) is 1. The van der Waals surface area contributed by atoms with Crippen molar-refractivity contribution < 1.29 is 9.18 Å². The van der Waals surface area contributed by atoms with Gasteiger partial charge in [0.2, 0.25) is 5.91 Å². The largest absolute Gasteiger partial charge is 0.330 e. The van der Waals surface area contributed by atoms with Crippen LogP contribution in [0.25, 0.3) is 0 Å². The molecular weight excluding hydrogens is 217 g/mol. The van der Waals surface area contributed by atoms with E-state index in [1.165, 1.54) is 23.9 Å². The summed E-state index contributed by atoms with van der Waals surface area (Å²) in [4.78, 5) is 15.0. The molecule has 0 aliphatic carbocycles. The summed E-state index contributed by atoms with van der Waals surface area (Å²) >= 11 is 1.44. The van der Waals surface area contributed by atoms with Crippen LogP contribution in [0, 0.1) is 5.82 Å². The maximum absolute atomic E-state index is 12.5. The lowest BCUT2D eigenvalue weighted by atomic mass is 10.4. The molecule has 82 valence electrons. The average Bonchev–Trinajstić information content (AvgIpc) is 2.22. The second-order valence-corrected chi connectivity index (χ2v) is 3.86. The first-order valence-electron chi connectivity index (χ1n) is 4.41. The number of amides is 1. The molecule has 0 spiro atoms. The van der Waals surface area contributed by atoms with Crippen LogP contribution in [-0.4, -0.2) is 28.9 Å². The van der Waals surface area contributed by atoms with E-state index in [1.807, 2.05) is 0 Å². The number of nitrogens with one attached hydrogen (secondary N) is 1. The number of halogens is 1. The molecule has 1 amide bonds. The van der Waals surface area contributed by atoms with Crippen molar-refractivity contribution in [1.82, 2.24) is 4.98 Å². The van der Waals surface area contributed by atoms with Crippen molar-refractivity contribution in [2.45, 2.75) is 0 Å². The van der Waals surface area contributed by atoms with Crippen LogP contribution >= 0.6 is 11.8 Å². The highest BCUT2D eigenvalue weighted by Gasteiger charge is 2.02. The summed E-state index contributed by atoms with van der Waals surface area (Å²) < 4.78 is 12.5. The molecular formula is C9H12FN3OS. The number of pyridine rings is 1. The number of thioether (sulfide) groups is 1. The van der Waals surface area contributed by atoms with Gasteiger partial charge in [-0.2, -0.15) is 11.8 Å². The quantitative estimate of drug-likeness (QED) is 0.734. The van der Waals surface area contributed by atoms with E-state index in [9.17, 15) is 9.18 Å². The van der Waals surface area contributed by atoms with E-state index in [0.29, 0.717) is 18.1 Å². The van der Waals surface area contributed by atoms with Crippen LogP contribution in [0.15, 0.2) is 18.3 Å². The number of hydrogen-bond donors (Lipinski definition) is 2. The van der Waals surface area contributed by atoms with Crippen molar-refractivity contribution in [3.8, 4) is 0 Å². The Hall–Kier alpha value is -1.14. The molecule has 1 heterocycles. The normalized spacial score (nSPS) is 10.0. The van der Waals surface area contributed by atoms with Crippen LogP contribution in [0.1, 0.15) is 0 Å². The van der Waals surface area contributed by atoms with Gasteiger partial charge in [0.25, 0.3) is 0 Å². The summed E-state index contributed by atoms with van der Waals surface area (Å²) in [5.74, 6) is 0.841. The first-order valence-corrected chi connectivity index (χ1v) is 5.57. The second-order valence-electron chi connectivity index (χ2n) is 2.75. The Bertz CT molecular complexity index is 318. The fourth-order valence-corrected chi connectivity index (χ4v) is 1.45. The van der Waals surface area contributed by atoms with E-state index in [4.69, 9.17) is 5.73 Å². The molecule has 0 aliphatic rings. The molecule has 15 heavy (non-hydrogen) atoms. The summed E-state index contributed by atoms with van der Waals surface area (Å²) in [6.07, 6.45) is 1.06. The van der Waals surface area contributed by atoms with Crippen molar-refractivity contribution in [2.75, 3.05) is 23.4 Å². The zero-order valence-corrected chi connectivity index (χ0v) is 8.89. The number of hydrogen-bond acceptors (Lipinski definition) is 4. The molecule has 6 heteroatoms. The number of rotatable bonds is 5. The Morgan fingerprint density at radius 2 is 2.40 bits per heavy atom. The third-order valence-corrected chi connectivity index (χ3v) is 2.48. The lowest BCUT2D eigenvalue weighted by molar-refractivity contribution is -0.113. The standard InChI is InChI=1S/C9H12FN3OS/c10-7-1-2-8(12-5-7)13-9(14)6-15-4-3-11/h1-2,5H,3-4,6,11H2,(H,12,13,14). The van der Waals surface area contributed by atoms with Gasteiger partial charge in [-0.25, -0.2) is 9.37 Å². The average molecular weight is 229 g/mol. The maximum Gasteiger partial charge on any atom is 0.235 e. The summed E-state index contributed by atoms with van der Waals surface area (Å²) in [6, 6.07) is 2.66. The Kier molecular flexibility index (Phi) is 5.06. The Balaban J connectivity index is 2.34. The molecule has 0 aliphatic heterocycles. The lowest BCUT2D eigenvalue weighted by Gasteiger charge is -2.03. The SMILES string of the molecule is NCCSCC(=O)Nc1ccc(F)cn1. The van der Waals surface area contributed by atoms with Gasteiger partial charge >= 0.3 is 0 Å². The minimum atomic E-state index is -0.425. The maximum atomic E-state index is 12.5. The third-order valence-electron chi connectivity index (χ3n) is 1.49. The van der Waals surface area contributed by atoms with Gasteiger partial charge in [-0.05, 0) is 12.1 Å². The van der Waals surface area contributed by atoms with Crippen LogP contribution in [0.5, 0.6) is 0 Å². The molecule has 4 nitrogen and oxygen atoms in total. The number of anilines is 1. The van der Waals surface area contributed by atoms with Gasteiger partial charge in [0.1, 0.15) is 11.6 Å². The molecule has 0 fully saturated rings. The van der Waals surface area contributed by atoms with E-state index in [0.717, 1.165) is 11.9 Å². The zero-order valence-electron chi connectivity index (χ0n) is 8.07. The van der Waals surface area contributed by atoms with Crippen molar-refractivity contribution in [2.24, 2.45) is 5.73 Å². The van der Waals surface area contributed by atoms with Gasteiger partial charge in [0.05, 0.1) is 11.9 Å². The van der Waals surface area contributed by atoms with E-state index < -0.39 is 5.82 Å². The highest BCUT2D eigenvalue weighted by molar-refractivity contribution is 7.99. The molecule has 0 saturated heterocycles. The molecule has 1 rings (SSSR count). The molecule has 0 saturated carbocycles. The van der Waals surface area contributed by atoms with Crippen LogP contribution in [-0.2, 0) is 4.79 Å². The number of carbonyl (C=O) groups excluding carboxylic acids is 1. The number of aromatic nitrogens is 1. The summed E-state index contributed by atoms with van der Waals surface area (Å²) in [7, 11) is 0. The highest BCUT2D eigenvalue weighted by Crippen LogP contribution is 2.05. The molecule has 1 aromatic heterocycles. The topological polar surface area (TPSA) is 68.0 Å². The Labute approximate surface area is 91.5 Å². The van der Waals surface area contributed by atoms with Crippen LogP contribution in [0.3, 0.4) is 0 Å². The molecule has 0 aromatic carbocycles. The lowest BCUT2D eigenvalue weighted by Crippen LogP contribution is -2.16. The second kappa shape index (κ2) is 6.36. The van der Waals surface area contributed by atoms with E-state index in [1.54, 1.807) is 0 Å². The van der Waals surface area contributed by atoms with Gasteiger partial charge in [0.15, 0.2) is 0 Å². The minimum Gasteiger partial charge on any atom is -0.330 e. The number of nitrogens with two attached hydrogens (primary N) is 1. The summed E-state index contributed by atoms with van der Waals surface area (Å²) in [5, 5.41) is 2.55. The van der Waals surface area contributed by atoms with Gasteiger partial charge in [0, 0.05) is 12.3 Å². The van der Waals surface area contributed by atoms with E-state index in [2.05, 4.69) is 10.3 Å². The van der Waals surface area contributed by atoms with Gasteiger partial charge in [-0.1, -0.05) is 0 Å². The highest BCUT2D eigenvalue weighted by atomic mass is 32.2. The van der Waals surface area contributed by atoms with Gasteiger partial charge in [-0.15, -0.1) is 0 Å². The Morgan fingerprint density at radius 3 is 3.00 bits per heavy atom. The van der Waals surface area contributed by atoms with Crippen molar-refractivity contribution in [1.29, 1.82) is 0 Å². The monoisotopic (exact) mass is 229 g/mol. The molecule has 0 radical (unpaired) electrons. The van der Waals surface area contributed by atoms with Crippen LogP contribution < -0.4 is 11.1 Å². The van der Waals surface area contributed by atoms with Gasteiger partial charge in [-0.3, -0.25) is 4.79 Å². The predicted octanol–water partition coefficient (Wildman–Crippen LogP) is 0.851. The Morgan fingerprint density at radius 1 is 1.60 bits per heavy atom. The van der Waals surface area contributed by atoms with E-state index in [-0.39, 0.29) is 5.91 Å². The summed E-state index contributed by atoms with van der Waals surface area (Å²) in [5.41, 5.74) is 5.28. The van der Waals surface area contributed by atoms with Crippen LogP contribution in [0.4, 0.5) is 10.2 Å². The first-order chi connectivity index (χ1) is 7.22.